The number of nitrogens with zero attached hydrogens (tertiary/aromatic N) is 4. The van der Waals surface area contributed by atoms with Crippen molar-refractivity contribution in [3.8, 4) is 0 Å². The molecule has 176 valence electrons. The number of hydrogen-bond donors (Lipinski definition) is 1. The second kappa shape index (κ2) is 8.85. The normalized spacial score (nSPS) is 15.0. The van der Waals surface area contributed by atoms with Gasteiger partial charge in [0, 0.05) is 16.6 Å². The average molecular weight is 480 g/mol. The van der Waals surface area contributed by atoms with Crippen LogP contribution < -0.4 is 5.32 Å². The Morgan fingerprint density at radius 1 is 1.21 bits per heavy atom. The summed E-state index contributed by atoms with van der Waals surface area (Å²) in [6.45, 7) is 5.91. The molecule has 1 N–H and O–H groups in total. The van der Waals surface area contributed by atoms with Gasteiger partial charge in [0.2, 0.25) is 5.91 Å². The summed E-state index contributed by atoms with van der Waals surface area (Å²) in [6, 6.07) is 8.57. The van der Waals surface area contributed by atoms with Gasteiger partial charge in [-0.05, 0) is 50.5 Å². The summed E-state index contributed by atoms with van der Waals surface area (Å²) in [5.41, 5.74) is 2.66. The summed E-state index contributed by atoms with van der Waals surface area (Å²) in [5, 5.41) is 11.8. The van der Waals surface area contributed by atoms with Gasteiger partial charge >= 0.3 is 6.18 Å². The number of amides is 1. The van der Waals surface area contributed by atoms with E-state index in [9.17, 15) is 18.0 Å². The molecule has 0 saturated heterocycles. The van der Waals surface area contributed by atoms with E-state index in [2.05, 4.69) is 15.5 Å². The van der Waals surface area contributed by atoms with Gasteiger partial charge in [-0.2, -0.15) is 23.4 Å². The zero-order valence-corrected chi connectivity index (χ0v) is 19.3. The number of carbonyl (C=O) groups excluding carboxylic acids is 1. The van der Waals surface area contributed by atoms with Crippen LogP contribution in [0.3, 0.4) is 0 Å². The highest BCUT2D eigenvalue weighted by atomic mass is 35.5. The molecule has 1 unspecified atom stereocenters. The molecule has 1 saturated carbocycles. The van der Waals surface area contributed by atoms with Crippen LogP contribution in [0.15, 0.2) is 30.3 Å². The number of halogens is 4. The van der Waals surface area contributed by atoms with Crippen molar-refractivity contribution in [1.82, 2.24) is 19.6 Å². The number of rotatable bonds is 7. The summed E-state index contributed by atoms with van der Waals surface area (Å²) in [4.78, 5) is 12.9. The molecule has 6 nitrogen and oxygen atoms in total. The maximum absolute atomic E-state index is 13.1. The van der Waals surface area contributed by atoms with Crippen molar-refractivity contribution in [3.05, 3.63) is 63.7 Å². The molecular weight excluding hydrogens is 455 g/mol. The zero-order chi connectivity index (χ0) is 23.9. The van der Waals surface area contributed by atoms with E-state index in [1.807, 2.05) is 25.1 Å². The molecule has 33 heavy (non-hydrogen) atoms. The second-order valence-corrected chi connectivity index (χ2v) is 9.07. The first-order valence-electron chi connectivity index (χ1n) is 10.8. The number of anilines is 1. The minimum Gasteiger partial charge on any atom is -0.323 e. The minimum atomic E-state index is -4.51. The maximum Gasteiger partial charge on any atom is 0.435 e. The highest BCUT2D eigenvalue weighted by Crippen LogP contribution is 2.42. The van der Waals surface area contributed by atoms with Gasteiger partial charge in [-0.15, -0.1) is 0 Å². The van der Waals surface area contributed by atoms with Gasteiger partial charge in [-0.3, -0.25) is 14.2 Å². The first-order chi connectivity index (χ1) is 15.5. The van der Waals surface area contributed by atoms with E-state index in [-0.39, 0.29) is 18.4 Å². The molecule has 2 aromatic heterocycles. The molecule has 3 aromatic rings. The fourth-order valence-electron chi connectivity index (χ4n) is 3.85. The van der Waals surface area contributed by atoms with E-state index in [0.717, 1.165) is 30.2 Å². The number of alkyl halides is 3. The van der Waals surface area contributed by atoms with Gasteiger partial charge < -0.3 is 5.32 Å². The van der Waals surface area contributed by atoms with Crippen molar-refractivity contribution < 1.29 is 18.0 Å². The molecular formula is C23H25ClF3N5O. The molecule has 0 spiro atoms. The predicted octanol–water partition coefficient (Wildman–Crippen LogP) is 5.57. The molecule has 0 aliphatic heterocycles. The van der Waals surface area contributed by atoms with Crippen molar-refractivity contribution in [1.29, 1.82) is 0 Å². The maximum atomic E-state index is 13.1. The lowest BCUT2D eigenvalue weighted by Gasteiger charge is -2.15. The van der Waals surface area contributed by atoms with Crippen LogP contribution in [0, 0.1) is 19.8 Å². The monoisotopic (exact) mass is 479 g/mol. The van der Waals surface area contributed by atoms with E-state index in [0.29, 0.717) is 28.6 Å². The zero-order valence-electron chi connectivity index (χ0n) is 18.6. The Bertz CT molecular complexity index is 1180. The third-order valence-corrected chi connectivity index (χ3v) is 6.08. The lowest BCUT2D eigenvalue weighted by atomic mass is 10.1. The molecule has 1 aromatic carbocycles. The predicted molar refractivity (Wildman–Crippen MR) is 119 cm³/mol. The Hall–Kier alpha value is -2.81. The number of hydrogen-bond acceptors (Lipinski definition) is 3. The Morgan fingerprint density at radius 3 is 2.58 bits per heavy atom. The van der Waals surface area contributed by atoms with Crippen LogP contribution in [0.4, 0.5) is 18.9 Å². The van der Waals surface area contributed by atoms with E-state index in [1.54, 1.807) is 24.6 Å². The van der Waals surface area contributed by atoms with Crippen LogP contribution in [-0.4, -0.2) is 25.5 Å². The van der Waals surface area contributed by atoms with Crippen molar-refractivity contribution in [2.75, 3.05) is 5.32 Å². The highest BCUT2D eigenvalue weighted by Gasteiger charge is 2.38. The van der Waals surface area contributed by atoms with Gasteiger partial charge in [-0.25, -0.2) is 0 Å². The van der Waals surface area contributed by atoms with Crippen LogP contribution in [-0.2, 0) is 24.1 Å². The molecule has 1 atom stereocenters. The summed E-state index contributed by atoms with van der Waals surface area (Å²) < 4.78 is 42.6. The summed E-state index contributed by atoms with van der Waals surface area (Å²) in [6.07, 6.45) is -2.83. The van der Waals surface area contributed by atoms with Crippen LogP contribution in [0.25, 0.3) is 0 Å². The van der Waals surface area contributed by atoms with Crippen LogP contribution in [0.1, 0.15) is 54.0 Å². The smallest absolute Gasteiger partial charge is 0.323 e. The van der Waals surface area contributed by atoms with Crippen LogP contribution in [0.2, 0.25) is 5.02 Å². The summed E-state index contributed by atoms with van der Waals surface area (Å²) in [7, 11) is 0. The minimum absolute atomic E-state index is 0.0719. The number of aryl methyl sites for hydroxylation is 1. The fraction of sp³-hybridized carbons (Fsp3) is 0.435. The van der Waals surface area contributed by atoms with Crippen molar-refractivity contribution >= 4 is 23.2 Å². The number of nitrogens with one attached hydrogen (secondary N) is 1. The molecule has 10 heteroatoms. The van der Waals surface area contributed by atoms with E-state index in [1.165, 1.54) is 4.68 Å². The van der Waals surface area contributed by atoms with Crippen molar-refractivity contribution in [3.63, 3.8) is 0 Å². The average Bonchev–Trinajstić information content (AvgIpc) is 3.43. The molecule has 0 bridgehead atoms. The Kier molecular flexibility index (Phi) is 6.26. The quantitative estimate of drug-likeness (QED) is 0.482. The first kappa shape index (κ1) is 23.4. The van der Waals surface area contributed by atoms with Gasteiger partial charge in [0.15, 0.2) is 5.69 Å². The number of aromatic nitrogens is 4. The van der Waals surface area contributed by atoms with Crippen LogP contribution in [0.5, 0.6) is 0 Å². The molecule has 1 aliphatic carbocycles. The van der Waals surface area contributed by atoms with E-state index >= 15 is 0 Å². The van der Waals surface area contributed by atoms with Crippen molar-refractivity contribution in [2.24, 2.45) is 5.92 Å². The number of carbonyl (C=O) groups is 1. The molecule has 0 radical (unpaired) electrons. The summed E-state index contributed by atoms with van der Waals surface area (Å²) in [5.74, 6) is -0.800. The lowest BCUT2D eigenvalue weighted by Crippen LogP contribution is -2.26. The van der Waals surface area contributed by atoms with Gasteiger partial charge in [-0.1, -0.05) is 30.7 Å². The van der Waals surface area contributed by atoms with Crippen LogP contribution >= 0.6 is 11.6 Å². The van der Waals surface area contributed by atoms with E-state index in [4.69, 9.17) is 11.6 Å². The van der Waals surface area contributed by atoms with E-state index < -0.39 is 17.8 Å². The summed E-state index contributed by atoms with van der Waals surface area (Å²) >= 11 is 6.06. The first-order valence-corrected chi connectivity index (χ1v) is 11.1. The molecule has 2 heterocycles. The standard InChI is InChI=1S/C23H25ClF3N5O/c1-13(11-32-19(17-7-8-17)10-20(30-32)23(25,26)27)22(33)28-21-14(2)29-31(15(21)3)12-16-5-4-6-18(24)9-16/h4-6,9-10,13,17H,7-8,11-12H2,1-3H3,(H,28,33). The molecule has 1 fully saturated rings. The molecule has 4 rings (SSSR count). The Morgan fingerprint density at radius 2 is 1.94 bits per heavy atom. The Labute approximate surface area is 194 Å². The third-order valence-electron chi connectivity index (χ3n) is 5.84. The van der Waals surface area contributed by atoms with Gasteiger partial charge in [0.1, 0.15) is 0 Å². The topological polar surface area (TPSA) is 64.7 Å². The lowest BCUT2D eigenvalue weighted by molar-refractivity contribution is -0.141. The largest absolute Gasteiger partial charge is 0.435 e. The fourth-order valence-corrected chi connectivity index (χ4v) is 4.07. The molecule has 1 aliphatic rings. The number of benzene rings is 1. The second-order valence-electron chi connectivity index (χ2n) is 8.63. The Balaban J connectivity index is 1.48. The van der Waals surface area contributed by atoms with Gasteiger partial charge in [0.05, 0.1) is 36.1 Å². The molecule has 1 amide bonds. The third kappa shape index (κ3) is 5.24. The highest BCUT2D eigenvalue weighted by molar-refractivity contribution is 6.30. The SMILES string of the molecule is Cc1nn(Cc2cccc(Cl)c2)c(C)c1NC(=O)C(C)Cn1nc(C(F)(F)F)cc1C1CC1. The van der Waals surface area contributed by atoms with Gasteiger partial charge in [0.25, 0.3) is 0 Å². The van der Waals surface area contributed by atoms with Crippen molar-refractivity contribution in [2.45, 2.75) is 58.8 Å².